The molecule has 1 heterocycles. The number of carboxylic acids is 1. The molecule has 0 aliphatic carbocycles. The Morgan fingerprint density at radius 1 is 0.582 bits per heavy atom. The summed E-state index contributed by atoms with van der Waals surface area (Å²) in [4.78, 5) is 122. The van der Waals surface area contributed by atoms with Gasteiger partial charge in [-0.05, 0) is 60.5 Å². The Morgan fingerprint density at radius 3 is 1.51 bits per heavy atom. The van der Waals surface area contributed by atoms with Crippen molar-refractivity contribution in [1.82, 2.24) is 36.8 Å². The van der Waals surface area contributed by atoms with Gasteiger partial charge in [-0.3, -0.25) is 43.2 Å². The number of hydrogen-bond donors (Lipinski definition) is 8. The molecule has 1 fully saturated rings. The Morgan fingerprint density at radius 2 is 1.03 bits per heavy atom. The largest absolute Gasteiger partial charge is 0.481 e. The number of nitrogens with zero attached hydrogens (tertiary/aromatic N) is 1. The van der Waals surface area contributed by atoms with Gasteiger partial charge in [0.15, 0.2) is 0 Å². The first kappa shape index (κ1) is 55.0. The van der Waals surface area contributed by atoms with Crippen LogP contribution in [0.2, 0.25) is 0 Å². The highest BCUT2D eigenvalue weighted by atomic mass is 16.4. The number of nitrogens with two attached hydrogens (primary N) is 1. The van der Waals surface area contributed by atoms with E-state index in [1.807, 2.05) is 27.7 Å². The van der Waals surface area contributed by atoms with Gasteiger partial charge in [-0.15, -0.1) is 0 Å². The fourth-order valence-electron chi connectivity index (χ4n) is 7.88. The summed E-state index contributed by atoms with van der Waals surface area (Å²) in [5.74, 6) is -7.14. The number of benzene rings is 2. The molecular weight excluding hydrogens is 861 g/mol. The first-order chi connectivity index (χ1) is 31.6. The summed E-state index contributed by atoms with van der Waals surface area (Å²) >= 11 is 0. The van der Waals surface area contributed by atoms with Crippen LogP contribution in [0.1, 0.15) is 105 Å². The third kappa shape index (κ3) is 18.1. The highest BCUT2D eigenvalue weighted by Crippen LogP contribution is 2.22. The third-order valence-corrected chi connectivity index (χ3v) is 11.4. The molecule has 0 spiro atoms. The molecule has 2 aromatic carbocycles. The molecule has 7 atom stereocenters. The summed E-state index contributed by atoms with van der Waals surface area (Å²) in [5, 5.41) is 25.5. The molecule has 1 saturated heterocycles. The van der Waals surface area contributed by atoms with Crippen LogP contribution in [0.25, 0.3) is 0 Å². The SMILES string of the molecule is CC(C)CC(NC(=O)[C@@H](NC(=O)CCC(=O)O)C(C)C)C(=O)N1CCC[C@H]1C(=O)N[C@@H](Cc1ccccc1)C(=O)N[C@@H](Cc1ccccc1)C(=O)N[C@H](C(=O)N[C@H](CC(C)C)C(N)=O)C(C)C. The molecule has 1 aliphatic rings. The van der Waals surface area contributed by atoms with Crippen LogP contribution in [-0.4, -0.2) is 112 Å². The van der Waals surface area contributed by atoms with E-state index in [4.69, 9.17) is 10.8 Å². The lowest BCUT2D eigenvalue weighted by molar-refractivity contribution is -0.143. The van der Waals surface area contributed by atoms with Gasteiger partial charge < -0.3 is 47.6 Å². The van der Waals surface area contributed by atoms with Gasteiger partial charge in [0.2, 0.25) is 47.3 Å². The van der Waals surface area contributed by atoms with Crippen LogP contribution < -0.4 is 37.6 Å². The number of primary amides is 1. The van der Waals surface area contributed by atoms with Crippen molar-refractivity contribution in [2.75, 3.05) is 6.54 Å². The second-order valence-corrected chi connectivity index (χ2v) is 18.9. The van der Waals surface area contributed by atoms with Crippen molar-refractivity contribution in [3.05, 3.63) is 71.8 Å². The Bertz CT molecular complexity index is 2010. The van der Waals surface area contributed by atoms with Gasteiger partial charge in [-0.2, -0.15) is 0 Å². The number of carbonyl (C=O) groups excluding carboxylic acids is 8. The van der Waals surface area contributed by atoms with Crippen molar-refractivity contribution >= 4 is 53.2 Å². The van der Waals surface area contributed by atoms with Gasteiger partial charge in [-0.25, -0.2) is 0 Å². The number of aliphatic carboxylic acids is 1. The smallest absolute Gasteiger partial charge is 0.303 e. The van der Waals surface area contributed by atoms with Gasteiger partial charge >= 0.3 is 5.97 Å². The summed E-state index contributed by atoms with van der Waals surface area (Å²) in [6, 6.07) is 10.2. The predicted molar refractivity (Wildman–Crippen MR) is 251 cm³/mol. The lowest BCUT2D eigenvalue weighted by Crippen LogP contribution is -2.61. The zero-order valence-electron chi connectivity index (χ0n) is 40.1. The molecule has 0 aromatic heterocycles. The lowest BCUT2D eigenvalue weighted by Gasteiger charge is -2.32. The molecule has 8 amide bonds. The number of carbonyl (C=O) groups is 9. The minimum Gasteiger partial charge on any atom is -0.481 e. The second kappa shape index (κ2) is 26.7. The van der Waals surface area contributed by atoms with Crippen molar-refractivity contribution in [2.45, 2.75) is 149 Å². The Hall–Kier alpha value is -6.33. The first-order valence-corrected chi connectivity index (χ1v) is 23.3. The van der Waals surface area contributed by atoms with Gasteiger partial charge in [-0.1, -0.05) is 116 Å². The number of likely N-dealkylation sites (tertiary alicyclic amines) is 1. The number of rotatable bonds is 26. The maximum Gasteiger partial charge on any atom is 0.303 e. The van der Waals surface area contributed by atoms with Crippen LogP contribution in [0, 0.1) is 23.7 Å². The van der Waals surface area contributed by atoms with Crippen LogP contribution in [0.4, 0.5) is 0 Å². The molecule has 0 saturated carbocycles. The molecule has 0 bridgehead atoms. The standard InChI is InChI=1S/C49H72N8O10/c1-28(2)24-34(43(50)61)51-48(66)42(31(7)8)56-45(63)36(27-33-18-13-10-14-19-33)52-44(62)35(26-32-16-11-9-12-17-32)53-46(64)38-20-15-23-57(38)49(67)37(25-29(3)4)54-47(65)41(30(5)6)55-39(58)21-22-40(59)60/h9-14,16-19,28-31,34-38,41-42H,15,20-27H2,1-8H3,(H2,50,61)(H,51,66)(H,52,62)(H,53,64)(H,54,65)(H,55,58)(H,56,63)(H,59,60)/t34-,35+,36+,37?,38+,41+,42+/m1/s1. The summed E-state index contributed by atoms with van der Waals surface area (Å²) in [6.45, 7) is 14.6. The number of nitrogens with one attached hydrogen (secondary N) is 6. The quantitative estimate of drug-likeness (QED) is 0.0681. The van der Waals surface area contributed by atoms with E-state index < -0.39 is 114 Å². The van der Waals surface area contributed by atoms with Gasteiger partial charge in [0, 0.05) is 25.8 Å². The summed E-state index contributed by atoms with van der Waals surface area (Å²) in [7, 11) is 0. The molecule has 0 radical (unpaired) electrons. The molecule has 3 rings (SSSR count). The zero-order chi connectivity index (χ0) is 50.0. The molecule has 2 aromatic rings. The van der Waals surface area contributed by atoms with Crippen LogP contribution in [0.15, 0.2) is 60.7 Å². The van der Waals surface area contributed by atoms with E-state index in [0.717, 1.165) is 0 Å². The van der Waals surface area contributed by atoms with E-state index in [2.05, 4.69) is 31.9 Å². The van der Waals surface area contributed by atoms with Crippen molar-refractivity contribution in [3.8, 4) is 0 Å². The molecule has 368 valence electrons. The minimum absolute atomic E-state index is 0.0148. The van der Waals surface area contributed by atoms with Crippen LogP contribution >= 0.6 is 0 Å². The maximum atomic E-state index is 14.5. The zero-order valence-corrected chi connectivity index (χ0v) is 40.1. The van der Waals surface area contributed by atoms with Gasteiger partial charge in [0.1, 0.15) is 42.3 Å². The summed E-state index contributed by atoms with van der Waals surface area (Å²) < 4.78 is 0. The van der Waals surface area contributed by atoms with E-state index in [1.165, 1.54) is 4.90 Å². The highest BCUT2D eigenvalue weighted by Gasteiger charge is 2.41. The molecule has 18 nitrogen and oxygen atoms in total. The van der Waals surface area contributed by atoms with Crippen molar-refractivity contribution in [2.24, 2.45) is 29.4 Å². The normalized spacial score (nSPS) is 16.3. The average molecular weight is 933 g/mol. The van der Waals surface area contributed by atoms with E-state index in [1.54, 1.807) is 88.4 Å². The van der Waals surface area contributed by atoms with Crippen molar-refractivity contribution in [1.29, 1.82) is 0 Å². The third-order valence-electron chi connectivity index (χ3n) is 11.4. The van der Waals surface area contributed by atoms with Gasteiger partial charge in [0.25, 0.3) is 0 Å². The predicted octanol–water partition coefficient (Wildman–Crippen LogP) is 2.13. The number of amides is 8. The van der Waals surface area contributed by atoms with Gasteiger partial charge in [0.05, 0.1) is 6.42 Å². The Balaban J connectivity index is 1.90. The van der Waals surface area contributed by atoms with E-state index in [0.29, 0.717) is 24.0 Å². The number of hydrogen-bond acceptors (Lipinski definition) is 9. The molecule has 18 heteroatoms. The molecule has 1 unspecified atom stereocenters. The summed E-state index contributed by atoms with van der Waals surface area (Å²) in [5.41, 5.74) is 6.99. The monoisotopic (exact) mass is 933 g/mol. The van der Waals surface area contributed by atoms with E-state index >= 15 is 0 Å². The summed E-state index contributed by atoms with van der Waals surface area (Å²) in [6.07, 6.45) is 0.511. The van der Waals surface area contributed by atoms with Crippen LogP contribution in [0.5, 0.6) is 0 Å². The second-order valence-electron chi connectivity index (χ2n) is 18.9. The molecule has 9 N–H and O–H groups in total. The Kier molecular flexibility index (Phi) is 21.9. The maximum absolute atomic E-state index is 14.5. The lowest BCUT2D eigenvalue weighted by atomic mass is 9.98. The van der Waals surface area contributed by atoms with Crippen molar-refractivity contribution < 1.29 is 48.3 Å². The Labute approximate surface area is 394 Å². The van der Waals surface area contributed by atoms with Crippen LogP contribution in [-0.2, 0) is 56.0 Å². The average Bonchev–Trinajstić information content (AvgIpc) is 3.76. The fourth-order valence-corrected chi connectivity index (χ4v) is 7.88. The fraction of sp³-hybridized carbons (Fsp3) is 0.571. The highest BCUT2D eigenvalue weighted by molar-refractivity contribution is 5.98. The van der Waals surface area contributed by atoms with Crippen LogP contribution in [0.3, 0.4) is 0 Å². The van der Waals surface area contributed by atoms with Crippen molar-refractivity contribution in [3.63, 3.8) is 0 Å². The molecule has 67 heavy (non-hydrogen) atoms. The molecular formula is C49H72N8O10. The molecule has 1 aliphatic heterocycles. The van der Waals surface area contributed by atoms with E-state index in [-0.39, 0.29) is 50.5 Å². The minimum atomic E-state index is -1.24. The first-order valence-electron chi connectivity index (χ1n) is 23.3. The number of carboxylic acid groups (broad SMARTS) is 1. The van der Waals surface area contributed by atoms with E-state index in [9.17, 15) is 43.2 Å². The topological polar surface area (TPSA) is 275 Å².